The van der Waals surface area contributed by atoms with Crippen LogP contribution in [0.4, 0.5) is 0 Å². The van der Waals surface area contributed by atoms with Gasteiger partial charge in [0, 0.05) is 17.8 Å². The molecule has 0 aliphatic carbocycles. The molecule has 5 rings (SSSR count). The number of rotatable bonds is 6. The highest BCUT2D eigenvalue weighted by Gasteiger charge is 2.45. The van der Waals surface area contributed by atoms with Gasteiger partial charge in [0.05, 0.1) is 30.6 Å². The second kappa shape index (κ2) is 8.23. The summed E-state index contributed by atoms with van der Waals surface area (Å²) in [6.45, 7) is 0.0930. The van der Waals surface area contributed by atoms with E-state index in [0.717, 1.165) is 0 Å². The Morgan fingerprint density at radius 2 is 1.88 bits per heavy atom. The van der Waals surface area contributed by atoms with Gasteiger partial charge in [0.15, 0.2) is 22.9 Å². The molecule has 4 heterocycles. The summed E-state index contributed by atoms with van der Waals surface area (Å²) < 4.78 is 11.1. The number of Topliss-reactive ketones (excluding diaryl/α,β-unsaturated/α-hetero) is 1. The standard InChI is InChI=1S/C25H19N3O5/c1-32-18-10-6-7-15-13-19(33-24(15)18)22(29)20-21(17-9-3-5-12-27-17)28(25(31)23(20)30)14-16-8-2-4-11-26-16/h2-13,21,30H,14H2,1H3. The van der Waals surface area contributed by atoms with Crippen molar-refractivity contribution < 1.29 is 23.8 Å². The maximum Gasteiger partial charge on any atom is 0.290 e. The predicted octanol–water partition coefficient (Wildman–Crippen LogP) is 4.01. The third kappa shape index (κ3) is 3.51. The summed E-state index contributed by atoms with van der Waals surface area (Å²) in [5, 5.41) is 11.5. The van der Waals surface area contributed by atoms with Crippen LogP contribution in [0.1, 0.15) is 28.0 Å². The number of pyridine rings is 2. The van der Waals surface area contributed by atoms with E-state index >= 15 is 0 Å². The molecule has 0 radical (unpaired) electrons. The molecule has 1 aromatic carbocycles. The Hall–Kier alpha value is -4.46. The minimum absolute atomic E-state index is 0.00975. The van der Waals surface area contributed by atoms with Gasteiger partial charge in [0.25, 0.3) is 5.91 Å². The van der Waals surface area contributed by atoms with Crippen molar-refractivity contribution >= 4 is 22.7 Å². The molecular formula is C25H19N3O5. The smallest absolute Gasteiger partial charge is 0.290 e. The molecule has 1 atom stereocenters. The summed E-state index contributed by atoms with van der Waals surface area (Å²) in [6, 6.07) is 16.5. The van der Waals surface area contributed by atoms with Crippen molar-refractivity contribution in [2.45, 2.75) is 12.6 Å². The maximum atomic E-state index is 13.6. The zero-order valence-corrected chi connectivity index (χ0v) is 17.6. The van der Waals surface area contributed by atoms with Crippen LogP contribution in [0, 0.1) is 0 Å². The highest BCUT2D eigenvalue weighted by molar-refractivity contribution is 6.16. The fourth-order valence-electron chi connectivity index (χ4n) is 4.00. The topological polar surface area (TPSA) is 106 Å². The summed E-state index contributed by atoms with van der Waals surface area (Å²) in [7, 11) is 1.51. The van der Waals surface area contributed by atoms with Crippen LogP contribution in [0.2, 0.25) is 0 Å². The van der Waals surface area contributed by atoms with Gasteiger partial charge in [-0.15, -0.1) is 0 Å². The van der Waals surface area contributed by atoms with E-state index in [0.29, 0.717) is 28.1 Å². The van der Waals surface area contributed by atoms with Gasteiger partial charge in [-0.1, -0.05) is 24.3 Å². The summed E-state index contributed by atoms with van der Waals surface area (Å²) in [6.07, 6.45) is 3.19. The molecule has 1 N–H and O–H groups in total. The molecule has 0 bridgehead atoms. The second-order valence-corrected chi connectivity index (χ2v) is 7.49. The number of hydrogen-bond donors (Lipinski definition) is 1. The Morgan fingerprint density at radius 3 is 2.58 bits per heavy atom. The van der Waals surface area contributed by atoms with Gasteiger partial charge >= 0.3 is 0 Å². The van der Waals surface area contributed by atoms with Crippen LogP contribution < -0.4 is 4.74 Å². The van der Waals surface area contributed by atoms with Crippen molar-refractivity contribution in [3.63, 3.8) is 0 Å². The number of hydrogen-bond acceptors (Lipinski definition) is 7. The summed E-state index contributed by atoms with van der Waals surface area (Å²) >= 11 is 0. The van der Waals surface area contributed by atoms with Crippen LogP contribution in [-0.2, 0) is 11.3 Å². The van der Waals surface area contributed by atoms with Crippen molar-refractivity contribution in [2.75, 3.05) is 7.11 Å². The molecule has 4 aromatic rings. The van der Waals surface area contributed by atoms with Gasteiger partial charge in [-0.3, -0.25) is 19.6 Å². The number of amides is 1. The van der Waals surface area contributed by atoms with Crippen LogP contribution in [0.3, 0.4) is 0 Å². The minimum atomic E-state index is -0.900. The van der Waals surface area contributed by atoms with E-state index in [9.17, 15) is 14.7 Å². The first-order valence-electron chi connectivity index (χ1n) is 10.2. The lowest BCUT2D eigenvalue weighted by atomic mass is 9.98. The average Bonchev–Trinajstić information content (AvgIpc) is 3.40. The van der Waals surface area contributed by atoms with Crippen LogP contribution >= 0.6 is 0 Å². The van der Waals surface area contributed by atoms with Gasteiger partial charge in [-0.2, -0.15) is 0 Å². The number of nitrogens with zero attached hydrogens (tertiary/aromatic N) is 3. The van der Waals surface area contributed by atoms with Gasteiger partial charge < -0.3 is 19.2 Å². The van der Waals surface area contributed by atoms with E-state index in [4.69, 9.17) is 9.15 Å². The molecule has 0 fully saturated rings. The Kier molecular flexibility index (Phi) is 5.10. The number of aliphatic hydroxyl groups is 1. The monoisotopic (exact) mass is 441 g/mol. The molecule has 0 saturated carbocycles. The molecule has 8 nitrogen and oxygen atoms in total. The summed E-state index contributed by atoms with van der Waals surface area (Å²) in [5.41, 5.74) is 1.38. The van der Waals surface area contributed by atoms with Crippen LogP contribution in [0.25, 0.3) is 11.0 Å². The quantitative estimate of drug-likeness (QED) is 0.451. The molecule has 1 aliphatic rings. The Bertz CT molecular complexity index is 1380. The third-order valence-corrected chi connectivity index (χ3v) is 5.53. The van der Waals surface area contributed by atoms with E-state index in [1.54, 1.807) is 73.1 Å². The normalized spacial score (nSPS) is 16.0. The number of aromatic nitrogens is 2. The molecule has 1 amide bonds. The molecule has 33 heavy (non-hydrogen) atoms. The number of furan rings is 1. The van der Waals surface area contributed by atoms with Crippen molar-refractivity contribution in [2.24, 2.45) is 0 Å². The SMILES string of the molecule is COc1cccc2cc(C(=O)C3=C(O)C(=O)N(Cc4ccccn4)C3c3ccccn3)oc12. The first-order chi connectivity index (χ1) is 16.1. The predicted molar refractivity (Wildman–Crippen MR) is 119 cm³/mol. The lowest BCUT2D eigenvalue weighted by molar-refractivity contribution is -0.130. The summed E-state index contributed by atoms with van der Waals surface area (Å²) in [5.74, 6) is -1.43. The Labute approximate surface area is 188 Å². The zero-order valence-electron chi connectivity index (χ0n) is 17.6. The molecule has 1 aliphatic heterocycles. The molecule has 3 aromatic heterocycles. The van der Waals surface area contributed by atoms with E-state index < -0.39 is 23.5 Å². The first kappa shape index (κ1) is 20.4. The fraction of sp³-hybridized carbons (Fsp3) is 0.120. The maximum absolute atomic E-state index is 13.6. The molecule has 0 spiro atoms. The average molecular weight is 441 g/mol. The number of carbonyl (C=O) groups is 2. The molecule has 0 saturated heterocycles. The summed E-state index contributed by atoms with van der Waals surface area (Å²) in [4.78, 5) is 36.7. The largest absolute Gasteiger partial charge is 0.503 e. The van der Waals surface area contributed by atoms with Gasteiger partial charge in [0.2, 0.25) is 5.78 Å². The number of para-hydroxylation sites is 1. The zero-order chi connectivity index (χ0) is 22.9. The molecule has 8 heteroatoms. The highest BCUT2D eigenvalue weighted by Crippen LogP contribution is 2.40. The highest BCUT2D eigenvalue weighted by atomic mass is 16.5. The number of aliphatic hydroxyl groups excluding tert-OH is 1. The second-order valence-electron chi connectivity index (χ2n) is 7.49. The third-order valence-electron chi connectivity index (χ3n) is 5.53. The molecule has 164 valence electrons. The van der Waals surface area contributed by atoms with Crippen molar-refractivity contribution in [3.05, 3.63) is 102 Å². The Morgan fingerprint density at radius 1 is 1.09 bits per heavy atom. The van der Waals surface area contributed by atoms with Crippen LogP contribution in [-0.4, -0.2) is 38.8 Å². The minimum Gasteiger partial charge on any atom is -0.503 e. The lowest BCUT2D eigenvalue weighted by Crippen LogP contribution is -2.31. The van der Waals surface area contributed by atoms with E-state index in [-0.39, 0.29) is 17.9 Å². The number of benzene rings is 1. The lowest BCUT2D eigenvalue weighted by Gasteiger charge is -2.25. The molecule has 1 unspecified atom stereocenters. The van der Waals surface area contributed by atoms with Crippen LogP contribution in [0.15, 0.2) is 88.8 Å². The van der Waals surface area contributed by atoms with Crippen molar-refractivity contribution in [3.8, 4) is 5.75 Å². The van der Waals surface area contributed by atoms with Crippen molar-refractivity contribution in [1.29, 1.82) is 0 Å². The van der Waals surface area contributed by atoms with Gasteiger partial charge in [-0.25, -0.2) is 0 Å². The van der Waals surface area contributed by atoms with Crippen LogP contribution in [0.5, 0.6) is 5.75 Å². The number of ether oxygens (including phenoxy) is 1. The number of carbonyl (C=O) groups excluding carboxylic acids is 2. The van der Waals surface area contributed by atoms with Gasteiger partial charge in [-0.05, 0) is 36.4 Å². The molecular weight excluding hydrogens is 422 g/mol. The van der Waals surface area contributed by atoms with E-state index in [1.165, 1.54) is 12.0 Å². The Balaban J connectivity index is 1.60. The van der Waals surface area contributed by atoms with Crippen molar-refractivity contribution in [1.82, 2.24) is 14.9 Å². The number of ketones is 1. The van der Waals surface area contributed by atoms with E-state index in [1.807, 2.05) is 0 Å². The number of methoxy groups -OCH3 is 1. The van der Waals surface area contributed by atoms with Gasteiger partial charge in [0.1, 0.15) is 6.04 Å². The van der Waals surface area contributed by atoms with E-state index in [2.05, 4.69) is 9.97 Å². The fourth-order valence-corrected chi connectivity index (χ4v) is 4.00. The number of fused-ring (bicyclic) bond motifs is 1. The first-order valence-corrected chi connectivity index (χ1v) is 10.2.